The van der Waals surface area contributed by atoms with Gasteiger partial charge >= 0.3 is 0 Å². The number of carbonyl (C=O) groups is 1. The minimum atomic E-state index is -0.273. The van der Waals surface area contributed by atoms with Crippen LogP contribution < -0.4 is 16.0 Å². The van der Waals surface area contributed by atoms with E-state index in [2.05, 4.69) is 52.1 Å². The van der Waals surface area contributed by atoms with Crippen LogP contribution >= 0.6 is 0 Å². The van der Waals surface area contributed by atoms with Crippen molar-refractivity contribution in [1.29, 1.82) is 0 Å². The van der Waals surface area contributed by atoms with Crippen molar-refractivity contribution in [3.05, 3.63) is 89.4 Å². The number of rotatable bonds is 6. The van der Waals surface area contributed by atoms with Gasteiger partial charge in [-0.3, -0.25) is 9.79 Å². The van der Waals surface area contributed by atoms with Gasteiger partial charge in [-0.05, 0) is 42.3 Å². The number of aryl methyl sites for hydroxylation is 1. The molecule has 2 aromatic carbocycles. The molecule has 1 amide bonds. The first-order valence-electron chi connectivity index (χ1n) is 9.08. The second-order valence-electron chi connectivity index (χ2n) is 6.40. The maximum Gasteiger partial charge on any atom is 0.291 e. The van der Waals surface area contributed by atoms with E-state index in [1.165, 1.54) is 17.4 Å². The number of hydrogen-bond acceptors (Lipinski definition) is 3. The fourth-order valence-corrected chi connectivity index (χ4v) is 2.66. The third-order valence-electron chi connectivity index (χ3n) is 4.19. The molecule has 0 spiro atoms. The van der Waals surface area contributed by atoms with E-state index < -0.39 is 0 Å². The summed E-state index contributed by atoms with van der Waals surface area (Å²) in [5.41, 5.74) is 4.17. The molecule has 6 heteroatoms. The SMILES string of the molecule is CN=C(NCc1ccc(C)cc1)NCc1cccc(NC(=O)c2ccco2)c1. The van der Waals surface area contributed by atoms with E-state index in [1.54, 1.807) is 19.2 Å². The molecule has 3 aromatic rings. The number of nitrogens with one attached hydrogen (secondary N) is 3. The Morgan fingerprint density at radius 3 is 2.39 bits per heavy atom. The van der Waals surface area contributed by atoms with Gasteiger partial charge in [-0.25, -0.2) is 0 Å². The summed E-state index contributed by atoms with van der Waals surface area (Å²) in [6, 6.07) is 19.3. The molecule has 0 saturated carbocycles. The topological polar surface area (TPSA) is 78.7 Å². The lowest BCUT2D eigenvalue weighted by Crippen LogP contribution is -2.36. The predicted molar refractivity (Wildman–Crippen MR) is 111 cm³/mol. The molecule has 0 saturated heterocycles. The van der Waals surface area contributed by atoms with Gasteiger partial charge in [-0.2, -0.15) is 0 Å². The van der Waals surface area contributed by atoms with Gasteiger partial charge in [0.1, 0.15) is 0 Å². The average Bonchev–Trinajstić information content (AvgIpc) is 3.25. The van der Waals surface area contributed by atoms with Crippen LogP contribution in [0, 0.1) is 6.92 Å². The molecule has 0 aliphatic rings. The Kier molecular flexibility index (Phi) is 6.46. The van der Waals surface area contributed by atoms with Crippen LogP contribution in [0.1, 0.15) is 27.2 Å². The highest BCUT2D eigenvalue weighted by Crippen LogP contribution is 2.12. The number of benzene rings is 2. The number of hydrogen-bond donors (Lipinski definition) is 3. The molecule has 1 heterocycles. The van der Waals surface area contributed by atoms with Gasteiger partial charge in [0.2, 0.25) is 0 Å². The monoisotopic (exact) mass is 376 g/mol. The van der Waals surface area contributed by atoms with Gasteiger partial charge < -0.3 is 20.4 Å². The molecule has 0 fully saturated rings. The Labute approximate surface area is 164 Å². The standard InChI is InChI=1S/C22H24N4O2/c1-16-8-10-17(11-9-16)14-24-22(23-2)25-15-18-5-3-6-19(13-18)26-21(27)20-7-4-12-28-20/h3-13H,14-15H2,1-2H3,(H,26,27)(H2,23,24,25). The quantitative estimate of drug-likeness (QED) is 0.453. The first-order valence-corrected chi connectivity index (χ1v) is 9.08. The summed E-state index contributed by atoms with van der Waals surface area (Å²) in [5.74, 6) is 0.723. The molecule has 3 rings (SSSR count). The van der Waals surface area contributed by atoms with Crippen LogP contribution in [0.5, 0.6) is 0 Å². The summed E-state index contributed by atoms with van der Waals surface area (Å²) < 4.78 is 5.11. The molecule has 28 heavy (non-hydrogen) atoms. The van der Waals surface area contributed by atoms with Crippen molar-refractivity contribution in [2.45, 2.75) is 20.0 Å². The summed E-state index contributed by atoms with van der Waals surface area (Å²) in [5, 5.41) is 9.41. The molecular formula is C22H24N4O2. The van der Waals surface area contributed by atoms with Crippen molar-refractivity contribution in [2.75, 3.05) is 12.4 Å². The van der Waals surface area contributed by atoms with Crippen molar-refractivity contribution >= 4 is 17.6 Å². The first kappa shape index (κ1) is 19.2. The number of amides is 1. The molecule has 0 radical (unpaired) electrons. The Morgan fingerprint density at radius 2 is 1.71 bits per heavy atom. The fourth-order valence-electron chi connectivity index (χ4n) is 2.66. The second-order valence-corrected chi connectivity index (χ2v) is 6.40. The number of carbonyl (C=O) groups excluding carboxylic acids is 1. The normalized spacial score (nSPS) is 11.1. The molecule has 0 aliphatic heterocycles. The Morgan fingerprint density at radius 1 is 0.964 bits per heavy atom. The summed E-state index contributed by atoms with van der Waals surface area (Å²) >= 11 is 0. The number of guanidine groups is 1. The highest BCUT2D eigenvalue weighted by Gasteiger charge is 2.09. The van der Waals surface area contributed by atoms with Crippen molar-refractivity contribution < 1.29 is 9.21 Å². The lowest BCUT2D eigenvalue weighted by Gasteiger charge is -2.13. The lowest BCUT2D eigenvalue weighted by atomic mass is 10.1. The van der Waals surface area contributed by atoms with Crippen molar-refractivity contribution in [1.82, 2.24) is 10.6 Å². The van der Waals surface area contributed by atoms with E-state index >= 15 is 0 Å². The molecule has 0 atom stereocenters. The van der Waals surface area contributed by atoms with Gasteiger partial charge in [0.05, 0.1) is 6.26 Å². The number of furan rings is 1. The molecule has 0 unspecified atom stereocenters. The van der Waals surface area contributed by atoms with E-state index in [9.17, 15) is 4.79 Å². The second kappa shape index (κ2) is 9.41. The van der Waals surface area contributed by atoms with Crippen LogP contribution in [0.25, 0.3) is 0 Å². The molecule has 0 aliphatic carbocycles. The van der Waals surface area contributed by atoms with E-state index in [0.29, 0.717) is 24.7 Å². The van der Waals surface area contributed by atoms with Crippen LogP contribution in [0.15, 0.2) is 76.3 Å². The molecule has 6 nitrogen and oxygen atoms in total. The van der Waals surface area contributed by atoms with Crippen molar-refractivity contribution in [2.24, 2.45) is 4.99 Å². The molecule has 0 bridgehead atoms. The summed E-state index contributed by atoms with van der Waals surface area (Å²) in [4.78, 5) is 16.3. The fraction of sp³-hybridized carbons (Fsp3) is 0.182. The van der Waals surface area contributed by atoms with Gasteiger partial charge in [0.15, 0.2) is 11.7 Å². The van der Waals surface area contributed by atoms with E-state index in [-0.39, 0.29) is 11.7 Å². The van der Waals surface area contributed by atoms with Crippen molar-refractivity contribution in [3.8, 4) is 0 Å². The Bertz CT molecular complexity index is 931. The minimum Gasteiger partial charge on any atom is -0.459 e. The maximum atomic E-state index is 12.1. The van der Waals surface area contributed by atoms with Crippen LogP contribution in [-0.2, 0) is 13.1 Å². The number of anilines is 1. The molecule has 1 aromatic heterocycles. The largest absolute Gasteiger partial charge is 0.459 e. The van der Waals surface area contributed by atoms with Gasteiger partial charge in [0.25, 0.3) is 5.91 Å². The zero-order valence-corrected chi connectivity index (χ0v) is 16.0. The third kappa shape index (κ3) is 5.48. The smallest absolute Gasteiger partial charge is 0.291 e. The van der Waals surface area contributed by atoms with Crippen LogP contribution in [0.2, 0.25) is 0 Å². The predicted octanol–water partition coefficient (Wildman–Crippen LogP) is 3.71. The van der Waals surface area contributed by atoms with E-state index in [4.69, 9.17) is 4.42 Å². The first-order chi connectivity index (χ1) is 13.6. The molecule has 144 valence electrons. The van der Waals surface area contributed by atoms with E-state index in [1.807, 2.05) is 24.3 Å². The Balaban J connectivity index is 1.52. The van der Waals surface area contributed by atoms with Gasteiger partial charge in [-0.15, -0.1) is 0 Å². The lowest BCUT2D eigenvalue weighted by molar-refractivity contribution is 0.0996. The van der Waals surface area contributed by atoms with Crippen LogP contribution in [0.3, 0.4) is 0 Å². The Hall–Kier alpha value is -3.54. The number of nitrogens with zero attached hydrogens (tertiary/aromatic N) is 1. The molecule has 3 N–H and O–H groups in total. The zero-order valence-electron chi connectivity index (χ0n) is 16.0. The number of aliphatic imine (C=N–C) groups is 1. The highest BCUT2D eigenvalue weighted by atomic mass is 16.3. The summed E-state index contributed by atoms with van der Waals surface area (Å²) in [6.07, 6.45) is 1.48. The third-order valence-corrected chi connectivity index (χ3v) is 4.19. The maximum absolute atomic E-state index is 12.1. The van der Waals surface area contributed by atoms with Gasteiger partial charge in [0, 0.05) is 25.8 Å². The summed E-state index contributed by atoms with van der Waals surface area (Å²) in [6.45, 7) is 3.35. The average molecular weight is 376 g/mol. The van der Waals surface area contributed by atoms with E-state index in [0.717, 1.165) is 5.56 Å². The van der Waals surface area contributed by atoms with Crippen molar-refractivity contribution in [3.63, 3.8) is 0 Å². The zero-order chi connectivity index (χ0) is 19.8. The highest BCUT2D eigenvalue weighted by molar-refractivity contribution is 6.02. The molecular weight excluding hydrogens is 352 g/mol. The minimum absolute atomic E-state index is 0.273. The summed E-state index contributed by atoms with van der Waals surface area (Å²) in [7, 11) is 1.74. The van der Waals surface area contributed by atoms with Gasteiger partial charge in [-0.1, -0.05) is 42.0 Å². The van der Waals surface area contributed by atoms with Crippen LogP contribution in [-0.4, -0.2) is 18.9 Å². The van der Waals surface area contributed by atoms with Crippen LogP contribution in [0.4, 0.5) is 5.69 Å².